The molecule has 3 heteroatoms. The molecule has 0 aromatic rings. The van der Waals surface area contributed by atoms with Gasteiger partial charge in [0.15, 0.2) is 0 Å². The van der Waals surface area contributed by atoms with Crippen LogP contribution in [-0.2, 0) is 9.59 Å². The van der Waals surface area contributed by atoms with Crippen LogP contribution in [-0.4, -0.2) is 18.2 Å². The van der Waals surface area contributed by atoms with Crippen molar-refractivity contribution < 1.29 is 9.59 Å². The van der Waals surface area contributed by atoms with Crippen molar-refractivity contribution in [2.75, 3.05) is 0 Å². The summed E-state index contributed by atoms with van der Waals surface area (Å²) in [5.74, 6) is 0.285. The lowest BCUT2D eigenvalue weighted by Crippen LogP contribution is -2.39. The largest absolute Gasteiger partial charge is 0.353 e. The van der Waals surface area contributed by atoms with Crippen molar-refractivity contribution in [3.8, 4) is 0 Å². The van der Waals surface area contributed by atoms with Gasteiger partial charge in [0.1, 0.15) is 6.29 Å². The molecule has 148 valence electrons. The quantitative estimate of drug-likeness (QED) is 0.276. The van der Waals surface area contributed by atoms with Gasteiger partial charge in [0.05, 0.1) is 0 Å². The minimum atomic E-state index is 0.285. The van der Waals surface area contributed by atoms with E-state index in [2.05, 4.69) is 12.2 Å². The number of nitrogens with one attached hydrogen (secondary N) is 1. The van der Waals surface area contributed by atoms with E-state index in [9.17, 15) is 4.79 Å². The predicted molar refractivity (Wildman–Crippen MR) is 108 cm³/mol. The molecule has 3 nitrogen and oxygen atoms in total. The second-order valence-electron chi connectivity index (χ2n) is 7.42. The summed E-state index contributed by atoms with van der Waals surface area (Å²) in [4.78, 5) is 20.4. The SMILES string of the molecule is CC=O.CCCCCCCCCCCCCCCC(=O)NC1CCC1. The maximum atomic E-state index is 11.6. The Bertz CT molecular complexity index is 300. The average molecular weight is 354 g/mol. The Hall–Kier alpha value is -0.860. The van der Waals surface area contributed by atoms with E-state index < -0.39 is 0 Å². The van der Waals surface area contributed by atoms with Crippen molar-refractivity contribution >= 4 is 12.2 Å². The summed E-state index contributed by atoms with van der Waals surface area (Å²) < 4.78 is 0. The Morgan fingerprint density at radius 1 is 0.840 bits per heavy atom. The highest BCUT2D eigenvalue weighted by Crippen LogP contribution is 2.18. The van der Waals surface area contributed by atoms with Gasteiger partial charge < -0.3 is 10.1 Å². The molecular formula is C22H43NO2. The fourth-order valence-electron chi connectivity index (χ4n) is 3.16. The molecule has 0 spiro atoms. The molecule has 1 fully saturated rings. The lowest BCUT2D eigenvalue weighted by molar-refractivity contribution is -0.122. The first kappa shape index (κ1) is 24.1. The van der Waals surface area contributed by atoms with E-state index in [1.54, 1.807) is 0 Å². The monoisotopic (exact) mass is 353 g/mol. The van der Waals surface area contributed by atoms with Crippen LogP contribution in [0, 0.1) is 0 Å². The summed E-state index contributed by atoms with van der Waals surface area (Å²) in [6.45, 7) is 3.72. The molecule has 0 aliphatic heterocycles. The van der Waals surface area contributed by atoms with Crippen LogP contribution < -0.4 is 5.32 Å². The smallest absolute Gasteiger partial charge is 0.220 e. The fraction of sp³-hybridized carbons (Fsp3) is 0.909. The number of amides is 1. The van der Waals surface area contributed by atoms with Gasteiger partial charge >= 0.3 is 0 Å². The molecule has 0 radical (unpaired) electrons. The third-order valence-corrected chi connectivity index (χ3v) is 4.98. The summed E-state index contributed by atoms with van der Waals surface area (Å²) >= 11 is 0. The van der Waals surface area contributed by atoms with Crippen LogP contribution in [0.2, 0.25) is 0 Å². The minimum Gasteiger partial charge on any atom is -0.353 e. The molecule has 0 atom stereocenters. The zero-order valence-corrected chi connectivity index (χ0v) is 17.0. The summed E-state index contributed by atoms with van der Waals surface area (Å²) in [5, 5.41) is 3.12. The normalized spacial score (nSPS) is 13.5. The Balaban J connectivity index is 0.00000178. The number of hydrogen-bond donors (Lipinski definition) is 1. The molecule has 0 saturated heterocycles. The number of carbonyl (C=O) groups is 2. The molecular weight excluding hydrogens is 310 g/mol. The molecule has 1 N–H and O–H groups in total. The summed E-state index contributed by atoms with van der Waals surface area (Å²) in [6.07, 6.45) is 22.9. The number of aldehydes is 1. The molecule has 1 saturated carbocycles. The molecule has 0 aromatic heterocycles. The van der Waals surface area contributed by atoms with Crippen molar-refractivity contribution in [2.24, 2.45) is 0 Å². The van der Waals surface area contributed by atoms with Gasteiger partial charge in [-0.1, -0.05) is 84.0 Å². The maximum Gasteiger partial charge on any atom is 0.220 e. The Kier molecular flexibility index (Phi) is 18.8. The van der Waals surface area contributed by atoms with Crippen LogP contribution in [0.3, 0.4) is 0 Å². The molecule has 0 heterocycles. The van der Waals surface area contributed by atoms with Gasteiger partial charge in [0.25, 0.3) is 0 Å². The first-order valence-electron chi connectivity index (χ1n) is 10.9. The van der Waals surface area contributed by atoms with E-state index >= 15 is 0 Å². The van der Waals surface area contributed by atoms with Crippen LogP contribution in [0.5, 0.6) is 0 Å². The number of carbonyl (C=O) groups excluding carboxylic acids is 2. The predicted octanol–water partition coefficient (Wildman–Crippen LogP) is 6.34. The van der Waals surface area contributed by atoms with E-state index in [-0.39, 0.29) is 5.91 Å². The van der Waals surface area contributed by atoms with Gasteiger partial charge in [-0.05, 0) is 32.6 Å². The van der Waals surface area contributed by atoms with Crippen LogP contribution in [0.4, 0.5) is 0 Å². The van der Waals surface area contributed by atoms with Gasteiger partial charge in [-0.25, -0.2) is 0 Å². The van der Waals surface area contributed by atoms with Crippen molar-refractivity contribution in [3.05, 3.63) is 0 Å². The lowest BCUT2D eigenvalue weighted by Gasteiger charge is -2.26. The fourth-order valence-corrected chi connectivity index (χ4v) is 3.16. The lowest BCUT2D eigenvalue weighted by atomic mass is 9.93. The third kappa shape index (κ3) is 17.7. The Morgan fingerprint density at radius 2 is 1.24 bits per heavy atom. The molecule has 25 heavy (non-hydrogen) atoms. The van der Waals surface area contributed by atoms with Crippen molar-refractivity contribution in [3.63, 3.8) is 0 Å². The second kappa shape index (κ2) is 19.5. The average Bonchev–Trinajstić information content (AvgIpc) is 2.56. The van der Waals surface area contributed by atoms with Crippen LogP contribution in [0.15, 0.2) is 0 Å². The highest BCUT2D eigenvalue weighted by Gasteiger charge is 2.18. The highest BCUT2D eigenvalue weighted by atomic mass is 16.1. The first-order valence-corrected chi connectivity index (χ1v) is 10.9. The minimum absolute atomic E-state index is 0.285. The number of rotatable bonds is 15. The Morgan fingerprint density at radius 3 is 1.60 bits per heavy atom. The van der Waals surface area contributed by atoms with Gasteiger partial charge in [0, 0.05) is 12.5 Å². The van der Waals surface area contributed by atoms with E-state index in [1.807, 2.05) is 0 Å². The van der Waals surface area contributed by atoms with Gasteiger partial charge in [-0.15, -0.1) is 0 Å². The Labute approximate surface area is 156 Å². The van der Waals surface area contributed by atoms with Gasteiger partial charge in [-0.3, -0.25) is 4.79 Å². The third-order valence-electron chi connectivity index (χ3n) is 4.98. The van der Waals surface area contributed by atoms with Gasteiger partial charge in [0.2, 0.25) is 5.91 Å². The van der Waals surface area contributed by atoms with Crippen LogP contribution in [0.1, 0.15) is 123 Å². The zero-order chi connectivity index (χ0) is 18.6. The molecule has 0 aromatic carbocycles. The number of unbranched alkanes of at least 4 members (excludes halogenated alkanes) is 12. The molecule has 1 amide bonds. The second-order valence-corrected chi connectivity index (χ2v) is 7.42. The molecule has 1 aliphatic rings. The summed E-state index contributed by atoms with van der Waals surface area (Å²) in [5.41, 5.74) is 0. The van der Waals surface area contributed by atoms with Crippen LogP contribution in [0.25, 0.3) is 0 Å². The van der Waals surface area contributed by atoms with E-state index in [0.717, 1.165) is 19.1 Å². The molecule has 1 rings (SSSR count). The summed E-state index contributed by atoms with van der Waals surface area (Å²) in [6, 6.07) is 0.509. The van der Waals surface area contributed by atoms with E-state index in [0.29, 0.717) is 6.04 Å². The highest BCUT2D eigenvalue weighted by molar-refractivity contribution is 5.76. The van der Waals surface area contributed by atoms with E-state index in [1.165, 1.54) is 103 Å². The molecule has 0 bridgehead atoms. The standard InChI is InChI=1S/C20H39NO.C2H4O/c1-2-3-4-5-6-7-8-9-10-11-12-13-14-18-20(22)21-19-16-15-17-19;1-2-3/h19H,2-18H2,1H3,(H,21,22);2H,1H3. The first-order chi connectivity index (χ1) is 12.2. The molecule has 1 aliphatic carbocycles. The topological polar surface area (TPSA) is 46.2 Å². The zero-order valence-electron chi connectivity index (χ0n) is 17.0. The van der Waals surface area contributed by atoms with Crippen molar-refractivity contribution in [2.45, 2.75) is 129 Å². The van der Waals surface area contributed by atoms with Gasteiger partial charge in [-0.2, -0.15) is 0 Å². The molecule has 0 unspecified atom stereocenters. The van der Waals surface area contributed by atoms with Crippen molar-refractivity contribution in [1.82, 2.24) is 5.32 Å². The van der Waals surface area contributed by atoms with E-state index in [4.69, 9.17) is 4.79 Å². The number of hydrogen-bond acceptors (Lipinski definition) is 2. The summed E-state index contributed by atoms with van der Waals surface area (Å²) in [7, 11) is 0. The van der Waals surface area contributed by atoms with Crippen molar-refractivity contribution in [1.29, 1.82) is 0 Å². The maximum absolute atomic E-state index is 11.6. The van der Waals surface area contributed by atoms with Crippen LogP contribution >= 0.6 is 0 Å².